The molecule has 0 aliphatic heterocycles. The van der Waals surface area contributed by atoms with E-state index in [0.29, 0.717) is 68.6 Å². The number of anilines is 6. The zero-order valence-electron chi connectivity index (χ0n) is 32.2. The lowest BCUT2D eigenvalue weighted by Crippen LogP contribution is -2.18. The number of hydrogen-bond donors (Lipinski definition) is 6. The molecular weight excluding hydrogens is 840 g/mol. The monoisotopic (exact) mass is 880 g/mol. The van der Waals surface area contributed by atoms with Gasteiger partial charge in [0.2, 0.25) is 11.9 Å². The van der Waals surface area contributed by atoms with Crippen molar-refractivity contribution in [1.29, 1.82) is 0 Å². The number of esters is 1. The largest absolute Gasteiger partial charge is 0.462 e. The molecule has 60 heavy (non-hydrogen) atoms. The predicted molar refractivity (Wildman–Crippen MR) is 231 cm³/mol. The Morgan fingerprint density at radius 1 is 0.633 bits per heavy atom. The highest BCUT2D eigenvalue weighted by atomic mass is 79.9. The number of carbonyl (C=O) groups is 1. The van der Waals surface area contributed by atoms with Gasteiger partial charge in [-0.3, -0.25) is 20.2 Å². The van der Waals surface area contributed by atoms with Crippen molar-refractivity contribution < 1.29 is 19.4 Å². The summed E-state index contributed by atoms with van der Waals surface area (Å²) in [5, 5.41) is 40.0. The molecule has 4 aromatic heterocycles. The van der Waals surface area contributed by atoms with E-state index in [4.69, 9.17) is 4.74 Å². The van der Waals surface area contributed by atoms with Gasteiger partial charge in [0.15, 0.2) is 0 Å². The Balaban J connectivity index is 0.000000232. The quantitative estimate of drug-likeness (QED) is 0.0200. The number of aromatic nitrogens is 6. The number of hydrogen-bond acceptors (Lipinski definition) is 18. The van der Waals surface area contributed by atoms with Gasteiger partial charge in [-0.05, 0) is 48.4 Å². The van der Waals surface area contributed by atoms with Crippen molar-refractivity contribution in [2.45, 2.75) is 20.0 Å². The van der Waals surface area contributed by atoms with Crippen LogP contribution >= 0.6 is 15.9 Å². The molecule has 0 aliphatic rings. The molecular formula is C39H41BrN14O6. The van der Waals surface area contributed by atoms with E-state index in [1.807, 2.05) is 60.7 Å². The first kappa shape index (κ1) is 43.6. The maximum absolute atomic E-state index is 12.3. The second-order valence-corrected chi connectivity index (χ2v) is 13.2. The summed E-state index contributed by atoms with van der Waals surface area (Å²) in [7, 11) is 0. The predicted octanol–water partition coefficient (Wildman–Crippen LogP) is 6.77. The summed E-state index contributed by atoms with van der Waals surface area (Å²) in [5.74, 6) is 2.52. The van der Waals surface area contributed by atoms with Crippen molar-refractivity contribution in [1.82, 2.24) is 29.9 Å². The minimum Gasteiger partial charge on any atom is -0.462 e. The van der Waals surface area contributed by atoms with Gasteiger partial charge in [0, 0.05) is 68.3 Å². The second-order valence-electron chi connectivity index (χ2n) is 12.3. The summed E-state index contributed by atoms with van der Waals surface area (Å²) in [6, 6.07) is 25.6. The van der Waals surface area contributed by atoms with E-state index in [0.717, 1.165) is 15.9 Å². The zero-order valence-corrected chi connectivity index (χ0v) is 33.8. The summed E-state index contributed by atoms with van der Waals surface area (Å²) >= 11 is 3.44. The second kappa shape index (κ2) is 23.0. The molecule has 6 rings (SSSR count). The molecule has 0 amide bonds. The molecule has 6 N–H and O–H groups in total. The number of nitrogens with one attached hydrogen (secondary N) is 6. The molecule has 0 atom stereocenters. The van der Waals surface area contributed by atoms with Crippen molar-refractivity contribution in [3.8, 4) is 0 Å². The van der Waals surface area contributed by atoms with Gasteiger partial charge < -0.3 is 36.6 Å². The molecule has 0 radical (unpaired) electrons. The molecule has 0 bridgehead atoms. The Hall–Kier alpha value is -7.55. The molecule has 0 saturated heterocycles. The molecule has 4 heterocycles. The Morgan fingerprint density at radius 3 is 1.82 bits per heavy atom. The topological polar surface area (TPSA) is 262 Å². The van der Waals surface area contributed by atoms with Crippen molar-refractivity contribution in [2.75, 3.05) is 64.7 Å². The number of nitrogens with zero attached hydrogens (tertiary/aromatic N) is 8. The van der Waals surface area contributed by atoms with E-state index in [9.17, 15) is 25.0 Å². The van der Waals surface area contributed by atoms with Crippen LogP contribution in [0.15, 0.2) is 114 Å². The molecule has 2 aromatic carbocycles. The summed E-state index contributed by atoms with van der Waals surface area (Å²) in [4.78, 5) is 57.8. The van der Waals surface area contributed by atoms with Crippen LogP contribution in [0.2, 0.25) is 0 Å². The third kappa shape index (κ3) is 14.4. The lowest BCUT2D eigenvalue weighted by molar-refractivity contribution is -0.385. The number of pyridine rings is 2. The van der Waals surface area contributed by atoms with Crippen LogP contribution < -0.4 is 31.9 Å². The van der Waals surface area contributed by atoms with Gasteiger partial charge in [-0.15, -0.1) is 0 Å². The summed E-state index contributed by atoms with van der Waals surface area (Å²) in [6.07, 6.45) is 5.52. The number of ether oxygens (including phenoxy) is 1. The van der Waals surface area contributed by atoms with Crippen molar-refractivity contribution in [3.63, 3.8) is 0 Å². The van der Waals surface area contributed by atoms with Gasteiger partial charge in [0.05, 0.1) is 16.5 Å². The van der Waals surface area contributed by atoms with Gasteiger partial charge >= 0.3 is 5.97 Å². The average molecular weight is 882 g/mol. The van der Waals surface area contributed by atoms with E-state index < -0.39 is 15.8 Å². The fraction of sp³-hybridized carbons (Fsp3) is 0.205. The average Bonchev–Trinajstić information content (AvgIpc) is 3.26. The minimum absolute atomic E-state index is 0.0353. The van der Waals surface area contributed by atoms with Crippen molar-refractivity contribution in [3.05, 3.63) is 151 Å². The smallest absolute Gasteiger partial charge is 0.343 e. The number of benzene rings is 2. The fourth-order valence-electron chi connectivity index (χ4n) is 5.05. The molecule has 0 unspecified atom stereocenters. The Labute approximate surface area is 352 Å². The van der Waals surface area contributed by atoms with Gasteiger partial charge in [-0.25, -0.2) is 24.7 Å². The Kier molecular flexibility index (Phi) is 16.7. The van der Waals surface area contributed by atoms with Crippen LogP contribution in [0.1, 0.15) is 28.4 Å². The van der Waals surface area contributed by atoms with Gasteiger partial charge in [-0.1, -0.05) is 58.4 Å². The third-order valence-electron chi connectivity index (χ3n) is 7.95. The number of carbonyl (C=O) groups excluding carboxylic acids is 1. The summed E-state index contributed by atoms with van der Waals surface area (Å²) in [6.45, 7) is 5.16. The molecule has 0 fully saturated rings. The van der Waals surface area contributed by atoms with E-state index >= 15 is 0 Å². The van der Waals surface area contributed by atoms with Crippen LogP contribution in [-0.2, 0) is 17.8 Å². The molecule has 0 saturated carbocycles. The van der Waals surface area contributed by atoms with E-state index in [1.165, 1.54) is 42.4 Å². The molecule has 0 aliphatic carbocycles. The summed E-state index contributed by atoms with van der Waals surface area (Å²) < 4.78 is 6.06. The highest BCUT2D eigenvalue weighted by molar-refractivity contribution is 9.10. The third-order valence-corrected chi connectivity index (χ3v) is 8.44. The van der Waals surface area contributed by atoms with Crippen molar-refractivity contribution >= 4 is 68.4 Å². The van der Waals surface area contributed by atoms with Crippen LogP contribution in [0.25, 0.3) is 0 Å². The maximum Gasteiger partial charge on any atom is 0.343 e. The van der Waals surface area contributed by atoms with Crippen LogP contribution in [0, 0.1) is 20.2 Å². The Bertz CT molecular complexity index is 2310. The maximum atomic E-state index is 12.3. The summed E-state index contributed by atoms with van der Waals surface area (Å²) in [5.41, 5.74) is 2.31. The number of halogens is 1. The molecule has 310 valence electrons. The van der Waals surface area contributed by atoms with Crippen LogP contribution in [0.3, 0.4) is 0 Å². The SMILES string of the molecule is CCOC(=O)c1cnc(NCCNc2ccc([N+](=O)[O-])cn2)nc1NCc1cccc(Br)c1.O=[N+]([O-])c1ccc(NCCNc2nccc(NCc3ccccc3)n2)nc1. The van der Waals surface area contributed by atoms with E-state index in [1.54, 1.807) is 19.2 Å². The van der Waals surface area contributed by atoms with Gasteiger partial charge in [-0.2, -0.15) is 9.97 Å². The van der Waals surface area contributed by atoms with E-state index in [-0.39, 0.29) is 23.5 Å². The fourth-order valence-corrected chi connectivity index (χ4v) is 5.50. The van der Waals surface area contributed by atoms with Crippen molar-refractivity contribution in [2.24, 2.45) is 0 Å². The first-order chi connectivity index (χ1) is 29.2. The van der Waals surface area contributed by atoms with Crippen LogP contribution in [0.4, 0.5) is 46.5 Å². The molecule has 0 spiro atoms. The number of nitro groups is 2. The van der Waals surface area contributed by atoms with Crippen LogP contribution in [0.5, 0.6) is 0 Å². The Morgan fingerprint density at radius 2 is 1.23 bits per heavy atom. The zero-order chi connectivity index (χ0) is 42.5. The lowest BCUT2D eigenvalue weighted by atomic mass is 10.2. The van der Waals surface area contributed by atoms with Gasteiger partial charge in [0.25, 0.3) is 11.4 Å². The molecule has 6 aromatic rings. The lowest BCUT2D eigenvalue weighted by Gasteiger charge is -2.13. The van der Waals surface area contributed by atoms with Crippen LogP contribution in [-0.4, -0.2) is 78.5 Å². The molecule has 21 heteroatoms. The van der Waals surface area contributed by atoms with Gasteiger partial charge in [0.1, 0.15) is 41.2 Å². The first-order valence-electron chi connectivity index (χ1n) is 18.5. The normalized spacial score (nSPS) is 10.3. The highest BCUT2D eigenvalue weighted by Crippen LogP contribution is 2.19. The first-order valence-corrected chi connectivity index (χ1v) is 19.3. The molecule has 20 nitrogen and oxygen atoms in total. The van der Waals surface area contributed by atoms with E-state index in [2.05, 4.69) is 77.7 Å². The highest BCUT2D eigenvalue weighted by Gasteiger charge is 2.16. The minimum atomic E-state index is -0.508. The number of rotatable bonds is 20. The standard InChI is InChI=1S/C21H22BrN7O4.C18H19N7O2/c1-2-33-20(30)17-13-27-21(28-19(17)26-11-14-4-3-5-15(22)10-14)24-9-8-23-18-7-6-16(12-25-18)29(31)32;26-25(27)15-6-7-16(23-13-15)19-10-11-21-18-20-9-8-17(24-18)22-12-14-4-2-1-3-5-14/h3-7,10,12-13H,2,8-9,11H2,1H3,(H,23,25)(H2,24,26,27,28);1-9,13H,10-12H2,(H,19,23)(H2,20,21,22,24).